The van der Waals surface area contributed by atoms with Gasteiger partial charge in [-0.3, -0.25) is 9.59 Å². The Balaban J connectivity index is 1.58. The smallest absolute Gasteiger partial charge is 0.261 e. The second-order valence-electron chi connectivity index (χ2n) is 9.02. The summed E-state index contributed by atoms with van der Waals surface area (Å²) >= 11 is 0. The van der Waals surface area contributed by atoms with E-state index in [4.69, 9.17) is 4.74 Å². The largest absolute Gasteiger partial charge is 0.484 e. The summed E-state index contributed by atoms with van der Waals surface area (Å²) in [5, 5.41) is 3.06. The molecule has 0 fully saturated rings. The highest BCUT2D eigenvalue weighted by Crippen LogP contribution is 2.16. The molecule has 0 aliphatic heterocycles. The standard InChI is InChI=1S/C32H32N2O3/c1-25-17-19-27(20-18-25)22-33-32(36)30(21-26-11-5-2-6-12-26)34(23-28-13-7-3-8-14-28)31(35)24-37-29-15-9-4-10-16-29/h2-20,30H,21-24H2,1H3,(H,33,36)/t30-/m1/s1. The lowest BCUT2D eigenvalue weighted by Gasteiger charge is -2.31. The van der Waals surface area contributed by atoms with Crippen molar-refractivity contribution in [1.29, 1.82) is 0 Å². The van der Waals surface area contributed by atoms with Crippen LogP contribution in [0.2, 0.25) is 0 Å². The third kappa shape index (κ3) is 7.80. The van der Waals surface area contributed by atoms with Crippen LogP contribution < -0.4 is 10.1 Å². The molecule has 1 atom stereocenters. The monoisotopic (exact) mass is 492 g/mol. The number of para-hydroxylation sites is 1. The van der Waals surface area contributed by atoms with Crippen molar-refractivity contribution in [3.8, 4) is 5.75 Å². The maximum Gasteiger partial charge on any atom is 0.261 e. The number of carbonyl (C=O) groups is 2. The summed E-state index contributed by atoms with van der Waals surface area (Å²) in [6.45, 7) is 2.56. The zero-order chi connectivity index (χ0) is 25.9. The molecule has 4 aromatic carbocycles. The molecule has 0 saturated heterocycles. The average molecular weight is 493 g/mol. The Kier molecular flexibility index (Phi) is 9.08. The summed E-state index contributed by atoms with van der Waals surface area (Å²) in [4.78, 5) is 28.9. The van der Waals surface area contributed by atoms with Crippen molar-refractivity contribution >= 4 is 11.8 Å². The Morgan fingerprint density at radius 2 is 1.30 bits per heavy atom. The first-order valence-corrected chi connectivity index (χ1v) is 12.5. The molecule has 37 heavy (non-hydrogen) atoms. The van der Waals surface area contributed by atoms with Gasteiger partial charge in [-0.05, 0) is 35.7 Å². The van der Waals surface area contributed by atoms with Crippen LogP contribution in [0.1, 0.15) is 22.3 Å². The van der Waals surface area contributed by atoms with Gasteiger partial charge < -0.3 is 15.0 Å². The maximum absolute atomic E-state index is 13.7. The van der Waals surface area contributed by atoms with Gasteiger partial charge in [0.25, 0.3) is 5.91 Å². The van der Waals surface area contributed by atoms with Crippen molar-refractivity contribution in [2.45, 2.75) is 32.5 Å². The summed E-state index contributed by atoms with van der Waals surface area (Å²) in [5.41, 5.74) is 4.09. The van der Waals surface area contributed by atoms with Crippen LogP contribution in [0.3, 0.4) is 0 Å². The van der Waals surface area contributed by atoms with E-state index in [0.29, 0.717) is 25.3 Å². The number of hydrogen-bond acceptors (Lipinski definition) is 3. The first-order valence-electron chi connectivity index (χ1n) is 12.5. The molecule has 0 saturated carbocycles. The third-order valence-electron chi connectivity index (χ3n) is 6.16. The normalized spacial score (nSPS) is 11.4. The van der Waals surface area contributed by atoms with Crippen LogP contribution >= 0.6 is 0 Å². The van der Waals surface area contributed by atoms with Gasteiger partial charge in [0.05, 0.1) is 0 Å². The highest BCUT2D eigenvalue weighted by Gasteiger charge is 2.30. The summed E-state index contributed by atoms with van der Waals surface area (Å²) in [7, 11) is 0. The molecule has 0 aliphatic carbocycles. The summed E-state index contributed by atoms with van der Waals surface area (Å²) in [6.07, 6.45) is 0.393. The quantitative estimate of drug-likeness (QED) is 0.308. The molecule has 1 N–H and O–H groups in total. The zero-order valence-corrected chi connectivity index (χ0v) is 21.0. The van der Waals surface area contributed by atoms with Crippen LogP contribution in [-0.4, -0.2) is 29.4 Å². The minimum Gasteiger partial charge on any atom is -0.484 e. The molecule has 5 heteroatoms. The van der Waals surface area contributed by atoms with Gasteiger partial charge in [0, 0.05) is 19.5 Å². The maximum atomic E-state index is 13.7. The lowest BCUT2D eigenvalue weighted by molar-refractivity contribution is -0.142. The Morgan fingerprint density at radius 3 is 1.92 bits per heavy atom. The minimum absolute atomic E-state index is 0.159. The zero-order valence-electron chi connectivity index (χ0n) is 21.0. The van der Waals surface area contributed by atoms with E-state index in [-0.39, 0.29) is 18.4 Å². The number of ether oxygens (including phenoxy) is 1. The fourth-order valence-electron chi connectivity index (χ4n) is 4.09. The second kappa shape index (κ2) is 13.1. The van der Waals surface area contributed by atoms with Gasteiger partial charge in [-0.15, -0.1) is 0 Å². The fourth-order valence-corrected chi connectivity index (χ4v) is 4.09. The average Bonchev–Trinajstić information content (AvgIpc) is 2.95. The van der Waals surface area contributed by atoms with Gasteiger partial charge in [-0.2, -0.15) is 0 Å². The molecular weight excluding hydrogens is 460 g/mol. The SMILES string of the molecule is Cc1ccc(CNC(=O)[C@@H](Cc2ccccc2)N(Cc2ccccc2)C(=O)COc2ccccc2)cc1. The molecule has 4 rings (SSSR count). The third-order valence-corrected chi connectivity index (χ3v) is 6.16. The summed E-state index contributed by atoms with van der Waals surface area (Å²) < 4.78 is 5.78. The van der Waals surface area contributed by atoms with Gasteiger partial charge >= 0.3 is 0 Å². The van der Waals surface area contributed by atoms with E-state index in [9.17, 15) is 9.59 Å². The predicted molar refractivity (Wildman–Crippen MR) is 146 cm³/mol. The van der Waals surface area contributed by atoms with Gasteiger partial charge in [0.2, 0.25) is 5.91 Å². The first-order chi connectivity index (χ1) is 18.1. The molecule has 0 radical (unpaired) electrons. The van der Waals surface area contributed by atoms with Crippen LogP contribution in [0.4, 0.5) is 0 Å². The van der Waals surface area contributed by atoms with E-state index in [1.165, 1.54) is 0 Å². The molecule has 0 unspecified atom stereocenters. The molecule has 5 nitrogen and oxygen atoms in total. The van der Waals surface area contributed by atoms with Crippen LogP contribution in [0, 0.1) is 6.92 Å². The van der Waals surface area contributed by atoms with Crippen molar-refractivity contribution in [2.24, 2.45) is 0 Å². The molecule has 0 aromatic heterocycles. The Bertz CT molecular complexity index is 1260. The van der Waals surface area contributed by atoms with Crippen molar-refractivity contribution in [1.82, 2.24) is 10.2 Å². The fraction of sp³-hybridized carbons (Fsp3) is 0.188. The Morgan fingerprint density at radius 1 is 0.730 bits per heavy atom. The second-order valence-corrected chi connectivity index (χ2v) is 9.02. The van der Waals surface area contributed by atoms with E-state index < -0.39 is 6.04 Å². The molecular formula is C32H32N2O3. The van der Waals surface area contributed by atoms with E-state index in [0.717, 1.165) is 22.3 Å². The molecule has 188 valence electrons. The highest BCUT2D eigenvalue weighted by atomic mass is 16.5. The van der Waals surface area contributed by atoms with Crippen molar-refractivity contribution in [2.75, 3.05) is 6.61 Å². The van der Waals surface area contributed by atoms with Gasteiger partial charge in [-0.25, -0.2) is 0 Å². The Labute approximate surface area is 218 Å². The van der Waals surface area contributed by atoms with Crippen LogP contribution in [-0.2, 0) is 29.1 Å². The Hall–Kier alpha value is -4.38. The van der Waals surface area contributed by atoms with Gasteiger partial charge in [0.15, 0.2) is 6.61 Å². The van der Waals surface area contributed by atoms with Crippen molar-refractivity contribution in [3.63, 3.8) is 0 Å². The first kappa shape index (κ1) is 25.7. The van der Waals surface area contributed by atoms with E-state index >= 15 is 0 Å². The van der Waals surface area contributed by atoms with Crippen LogP contribution in [0.25, 0.3) is 0 Å². The van der Waals surface area contributed by atoms with E-state index in [1.54, 1.807) is 4.90 Å². The lowest BCUT2D eigenvalue weighted by atomic mass is 10.0. The van der Waals surface area contributed by atoms with E-state index in [1.807, 2.05) is 122 Å². The number of benzene rings is 4. The topological polar surface area (TPSA) is 58.6 Å². The van der Waals surface area contributed by atoms with Gasteiger partial charge in [-0.1, -0.05) is 109 Å². The number of rotatable bonds is 11. The van der Waals surface area contributed by atoms with Gasteiger partial charge in [0.1, 0.15) is 11.8 Å². The number of hydrogen-bond donors (Lipinski definition) is 1. The van der Waals surface area contributed by atoms with Crippen molar-refractivity contribution in [3.05, 3.63) is 138 Å². The summed E-state index contributed by atoms with van der Waals surface area (Å²) in [5.74, 6) is 0.159. The highest BCUT2D eigenvalue weighted by molar-refractivity contribution is 5.88. The van der Waals surface area contributed by atoms with Crippen molar-refractivity contribution < 1.29 is 14.3 Å². The molecule has 2 amide bonds. The summed E-state index contributed by atoms with van der Waals surface area (Å²) in [6, 6.07) is 36.1. The molecule has 0 heterocycles. The lowest BCUT2D eigenvalue weighted by Crippen LogP contribution is -2.51. The van der Waals surface area contributed by atoms with Crippen LogP contribution in [0.15, 0.2) is 115 Å². The minimum atomic E-state index is -0.708. The number of amides is 2. The molecule has 0 bridgehead atoms. The van der Waals surface area contributed by atoms with E-state index in [2.05, 4.69) is 5.32 Å². The van der Waals surface area contributed by atoms with Crippen LogP contribution in [0.5, 0.6) is 5.75 Å². The molecule has 0 aliphatic rings. The number of aryl methyl sites for hydroxylation is 1. The number of carbonyl (C=O) groups excluding carboxylic acids is 2. The molecule has 4 aromatic rings. The number of nitrogens with zero attached hydrogens (tertiary/aromatic N) is 1. The molecule has 0 spiro atoms. The predicted octanol–water partition coefficient (Wildman–Crippen LogP) is 5.33. The number of nitrogens with one attached hydrogen (secondary N) is 1.